The van der Waals surface area contributed by atoms with Crippen molar-refractivity contribution in [2.24, 2.45) is 0 Å². The molecule has 0 aliphatic carbocycles. The molecular weight excluding hydrogens is 320 g/mol. The molecule has 1 fully saturated rings. The second kappa shape index (κ2) is 9.91. The molecule has 1 rings (SSSR count). The van der Waals surface area contributed by atoms with Gasteiger partial charge in [-0.05, 0) is 46.8 Å². The third kappa shape index (κ3) is 8.42. The number of hydrogen-bond acceptors (Lipinski definition) is 4. The molecule has 0 unspecified atom stereocenters. The number of carbonyl (C=O) groups is 2. The highest BCUT2D eigenvalue weighted by Crippen LogP contribution is 2.17. The lowest BCUT2D eigenvalue weighted by Crippen LogP contribution is -2.44. The van der Waals surface area contributed by atoms with Crippen LogP contribution in [0.4, 0.5) is 9.59 Å². The second-order valence-electron chi connectivity index (χ2n) is 6.84. The van der Waals surface area contributed by atoms with Crippen LogP contribution in [0, 0.1) is 0 Å². The molecule has 1 aliphatic heterocycles. The molecule has 1 N–H and O–H groups in total. The quantitative estimate of drug-likeness (QED) is 0.774. The largest absolute Gasteiger partial charge is 0.446 e. The average molecular weight is 350 g/mol. The zero-order valence-corrected chi connectivity index (χ0v) is 15.9. The van der Waals surface area contributed by atoms with Crippen molar-refractivity contribution >= 4 is 12.2 Å². The zero-order valence-electron chi connectivity index (χ0n) is 15.9. The maximum Gasteiger partial charge on any atom is 0.411 e. The van der Waals surface area contributed by atoms with Crippen LogP contribution < -0.4 is 5.32 Å². The molecule has 0 atom stereocenters. The molecule has 0 saturated carbocycles. The smallest absolute Gasteiger partial charge is 0.411 e. The first-order chi connectivity index (χ1) is 11.7. The Bertz CT molecular complexity index is 536. The number of piperidine rings is 1. The van der Waals surface area contributed by atoms with Gasteiger partial charge in [-0.15, -0.1) is 0 Å². The third-order valence-electron chi connectivity index (χ3n) is 3.43. The number of alkyl carbamates (subject to hydrolysis) is 1. The molecule has 140 valence electrons. The van der Waals surface area contributed by atoms with Gasteiger partial charge in [0.1, 0.15) is 11.7 Å². The fourth-order valence-corrected chi connectivity index (χ4v) is 2.30. The third-order valence-corrected chi connectivity index (χ3v) is 3.43. The Morgan fingerprint density at radius 3 is 2.28 bits per heavy atom. The van der Waals surface area contributed by atoms with E-state index >= 15 is 0 Å². The SMILES string of the molecule is C\C=C/C=C(\C=C/C)NC(=O)OC1CCN(C(=O)OC(C)(C)C)CC1. The minimum absolute atomic E-state index is 0.202. The number of carbonyl (C=O) groups excluding carboxylic acids is 2. The van der Waals surface area contributed by atoms with E-state index in [-0.39, 0.29) is 12.2 Å². The molecule has 6 heteroatoms. The number of ether oxygens (including phenoxy) is 2. The summed E-state index contributed by atoms with van der Waals surface area (Å²) in [5.41, 5.74) is 0.157. The van der Waals surface area contributed by atoms with Gasteiger partial charge in [-0.2, -0.15) is 0 Å². The first-order valence-electron chi connectivity index (χ1n) is 8.66. The van der Waals surface area contributed by atoms with Crippen LogP contribution in [-0.4, -0.2) is 41.9 Å². The van der Waals surface area contributed by atoms with Crippen molar-refractivity contribution in [1.29, 1.82) is 0 Å². The first-order valence-corrected chi connectivity index (χ1v) is 8.66. The van der Waals surface area contributed by atoms with Gasteiger partial charge in [-0.25, -0.2) is 9.59 Å². The van der Waals surface area contributed by atoms with E-state index in [2.05, 4.69) is 5.32 Å². The van der Waals surface area contributed by atoms with Crippen molar-refractivity contribution in [3.8, 4) is 0 Å². The van der Waals surface area contributed by atoms with Crippen LogP contribution in [0.5, 0.6) is 0 Å². The summed E-state index contributed by atoms with van der Waals surface area (Å²) in [7, 11) is 0. The van der Waals surface area contributed by atoms with E-state index in [1.54, 1.807) is 17.1 Å². The second-order valence-corrected chi connectivity index (χ2v) is 6.84. The summed E-state index contributed by atoms with van der Waals surface area (Å²) in [6.45, 7) is 10.3. The standard InChI is InChI=1S/C19H30N2O4/c1-6-8-10-15(9-7-2)20-17(22)24-16-11-13-21(14-12-16)18(23)25-19(3,4)5/h6-10,16H,11-14H2,1-5H3,(H,20,22)/b8-6-,9-7-,15-10+. The number of likely N-dealkylation sites (tertiary alicyclic amines) is 1. The summed E-state index contributed by atoms with van der Waals surface area (Å²) >= 11 is 0. The van der Waals surface area contributed by atoms with Gasteiger partial charge in [-0.3, -0.25) is 5.32 Å². The number of nitrogens with zero attached hydrogens (tertiary/aromatic N) is 1. The Morgan fingerprint density at radius 2 is 1.76 bits per heavy atom. The number of amides is 2. The van der Waals surface area contributed by atoms with Gasteiger partial charge in [0.15, 0.2) is 0 Å². The number of hydrogen-bond donors (Lipinski definition) is 1. The van der Waals surface area contributed by atoms with Crippen molar-refractivity contribution in [2.75, 3.05) is 13.1 Å². The van der Waals surface area contributed by atoms with Gasteiger partial charge < -0.3 is 14.4 Å². The summed E-state index contributed by atoms with van der Waals surface area (Å²) in [6, 6.07) is 0. The van der Waals surface area contributed by atoms with Crippen LogP contribution >= 0.6 is 0 Å². The Morgan fingerprint density at radius 1 is 1.12 bits per heavy atom. The van der Waals surface area contributed by atoms with E-state index in [1.165, 1.54) is 0 Å². The molecule has 1 saturated heterocycles. The van der Waals surface area contributed by atoms with Gasteiger partial charge in [0.05, 0.1) is 0 Å². The first kappa shape index (κ1) is 20.8. The minimum Gasteiger partial charge on any atom is -0.446 e. The lowest BCUT2D eigenvalue weighted by molar-refractivity contribution is 0.00679. The van der Waals surface area contributed by atoms with Gasteiger partial charge in [-0.1, -0.05) is 18.2 Å². The molecule has 25 heavy (non-hydrogen) atoms. The van der Waals surface area contributed by atoms with Gasteiger partial charge in [0.2, 0.25) is 0 Å². The monoisotopic (exact) mass is 350 g/mol. The molecule has 2 amide bonds. The van der Waals surface area contributed by atoms with Gasteiger partial charge in [0.25, 0.3) is 0 Å². The van der Waals surface area contributed by atoms with Crippen LogP contribution in [0.25, 0.3) is 0 Å². The van der Waals surface area contributed by atoms with E-state index in [9.17, 15) is 9.59 Å². The summed E-state index contributed by atoms with van der Waals surface area (Å²) in [4.78, 5) is 25.7. The Labute approximate surface area is 150 Å². The fourth-order valence-electron chi connectivity index (χ4n) is 2.30. The Balaban J connectivity index is 2.45. The molecule has 0 aromatic heterocycles. The molecule has 0 aromatic carbocycles. The van der Waals surface area contributed by atoms with Crippen LogP contribution in [0.1, 0.15) is 47.5 Å². The minimum atomic E-state index is -0.507. The fraction of sp³-hybridized carbons (Fsp3) is 0.579. The Kier molecular flexibility index (Phi) is 8.25. The molecular formula is C19H30N2O4. The van der Waals surface area contributed by atoms with Gasteiger partial charge >= 0.3 is 12.2 Å². The van der Waals surface area contributed by atoms with Crippen LogP contribution in [0.2, 0.25) is 0 Å². The average Bonchev–Trinajstić information content (AvgIpc) is 2.51. The van der Waals surface area contributed by atoms with Crippen molar-refractivity contribution in [1.82, 2.24) is 10.2 Å². The van der Waals surface area contributed by atoms with E-state index in [4.69, 9.17) is 9.47 Å². The number of nitrogens with one attached hydrogen (secondary N) is 1. The molecule has 0 spiro atoms. The summed E-state index contributed by atoms with van der Waals surface area (Å²) in [5.74, 6) is 0. The maximum atomic E-state index is 12.0. The van der Waals surface area contributed by atoms with Crippen LogP contribution in [-0.2, 0) is 9.47 Å². The molecule has 0 aromatic rings. The molecule has 1 aliphatic rings. The topological polar surface area (TPSA) is 67.9 Å². The highest BCUT2D eigenvalue weighted by Gasteiger charge is 2.28. The molecule has 6 nitrogen and oxygen atoms in total. The maximum absolute atomic E-state index is 12.0. The zero-order chi connectivity index (χ0) is 18.9. The lowest BCUT2D eigenvalue weighted by atomic mass is 10.1. The van der Waals surface area contributed by atoms with Crippen LogP contribution in [0.3, 0.4) is 0 Å². The normalized spacial score (nSPS) is 17.2. The predicted octanol–water partition coefficient (Wildman–Crippen LogP) is 4.15. The van der Waals surface area contributed by atoms with Gasteiger partial charge in [0, 0.05) is 31.6 Å². The Hall–Kier alpha value is -2.24. The number of allylic oxidation sites excluding steroid dienone is 5. The summed E-state index contributed by atoms with van der Waals surface area (Å²) < 4.78 is 10.8. The highest BCUT2D eigenvalue weighted by molar-refractivity contribution is 5.71. The molecule has 1 heterocycles. The highest BCUT2D eigenvalue weighted by atomic mass is 16.6. The summed E-state index contributed by atoms with van der Waals surface area (Å²) in [5, 5.41) is 2.72. The lowest BCUT2D eigenvalue weighted by Gasteiger charge is -2.33. The van der Waals surface area contributed by atoms with Crippen molar-refractivity contribution in [2.45, 2.75) is 59.2 Å². The van der Waals surface area contributed by atoms with Crippen molar-refractivity contribution in [3.63, 3.8) is 0 Å². The van der Waals surface area contributed by atoms with Crippen molar-refractivity contribution < 1.29 is 19.1 Å². The van der Waals surface area contributed by atoms with E-state index in [0.29, 0.717) is 31.6 Å². The van der Waals surface area contributed by atoms with Crippen molar-refractivity contribution in [3.05, 3.63) is 36.1 Å². The van der Waals surface area contributed by atoms with E-state index < -0.39 is 11.7 Å². The van der Waals surface area contributed by atoms with E-state index in [1.807, 2.05) is 52.8 Å². The van der Waals surface area contributed by atoms with E-state index in [0.717, 1.165) is 0 Å². The van der Waals surface area contributed by atoms with Crippen LogP contribution in [0.15, 0.2) is 36.1 Å². The summed E-state index contributed by atoms with van der Waals surface area (Å²) in [6.07, 6.45) is 9.36. The number of rotatable bonds is 4. The molecule has 0 bridgehead atoms. The predicted molar refractivity (Wildman–Crippen MR) is 98.2 cm³/mol. The molecule has 0 radical (unpaired) electrons.